The average molecular weight is 533 g/mol. The summed E-state index contributed by atoms with van der Waals surface area (Å²) in [5, 5.41) is 3.40. The molecule has 1 aromatic rings. The third kappa shape index (κ3) is 4.26. The van der Waals surface area contributed by atoms with Gasteiger partial charge >= 0.3 is 0 Å². The molecule has 4 N–H and O–H groups in total. The number of nitrogens with two attached hydrogens (primary N) is 1. The second-order valence-electron chi connectivity index (χ2n) is 10.2. The van der Waals surface area contributed by atoms with Gasteiger partial charge in [0.1, 0.15) is 5.54 Å². The normalized spacial score (nSPS) is 32.1. The van der Waals surface area contributed by atoms with Gasteiger partial charge in [-0.2, -0.15) is 4.72 Å². The molecule has 1 aromatic carbocycles. The van der Waals surface area contributed by atoms with Gasteiger partial charge in [0, 0.05) is 15.0 Å². The highest BCUT2D eigenvalue weighted by molar-refractivity contribution is 9.10. The summed E-state index contributed by atoms with van der Waals surface area (Å²) in [5.74, 6) is 0.0146. The number of hydrogen-bond acceptors (Lipinski definition) is 4. The van der Waals surface area contributed by atoms with Crippen molar-refractivity contribution in [2.75, 3.05) is 0 Å². The summed E-state index contributed by atoms with van der Waals surface area (Å²) in [4.78, 5) is 25.5. The number of sulfonamides is 1. The Morgan fingerprint density at radius 1 is 1.16 bits per heavy atom. The van der Waals surface area contributed by atoms with Gasteiger partial charge in [0.2, 0.25) is 21.8 Å². The molecule has 2 unspecified atom stereocenters. The lowest BCUT2D eigenvalue weighted by Gasteiger charge is -2.61. The molecule has 0 saturated heterocycles. The van der Waals surface area contributed by atoms with Crippen molar-refractivity contribution >= 4 is 49.4 Å². The molecule has 31 heavy (non-hydrogen) atoms. The number of benzene rings is 1. The van der Waals surface area contributed by atoms with Gasteiger partial charge < -0.3 is 11.1 Å². The van der Waals surface area contributed by atoms with Crippen molar-refractivity contribution in [2.45, 2.75) is 68.3 Å². The van der Waals surface area contributed by atoms with Gasteiger partial charge in [0.15, 0.2) is 0 Å². The lowest BCUT2D eigenvalue weighted by Crippen LogP contribution is -2.68. The zero-order chi connectivity index (χ0) is 22.8. The molecule has 0 radical (unpaired) electrons. The maximum Gasteiger partial charge on any atom is 0.241 e. The minimum atomic E-state index is -4.00. The van der Waals surface area contributed by atoms with Crippen molar-refractivity contribution in [3.63, 3.8) is 0 Å². The Bertz CT molecular complexity index is 1020. The predicted octanol–water partition coefficient (Wildman–Crippen LogP) is 3.10. The van der Waals surface area contributed by atoms with Gasteiger partial charge in [-0.05, 0) is 82.4 Å². The highest BCUT2D eigenvalue weighted by atomic mass is 79.9. The van der Waals surface area contributed by atoms with E-state index in [1.807, 2.05) is 0 Å². The van der Waals surface area contributed by atoms with E-state index in [4.69, 9.17) is 17.3 Å². The number of carbonyl (C=O) groups is 2. The SMILES string of the molecule is CC(C)(NS(=O)(=O)c1cc(Cl)cc(Br)c1)C(=O)NC12CC3CC(C1)CC(C(N)=O)(C3)C2. The van der Waals surface area contributed by atoms with Crippen LogP contribution in [0.2, 0.25) is 5.02 Å². The van der Waals surface area contributed by atoms with E-state index in [-0.39, 0.29) is 15.8 Å². The van der Waals surface area contributed by atoms with Crippen LogP contribution in [0.15, 0.2) is 27.6 Å². The Labute approximate surface area is 196 Å². The molecule has 4 aliphatic carbocycles. The number of rotatable bonds is 6. The molecule has 2 atom stereocenters. The van der Waals surface area contributed by atoms with Gasteiger partial charge in [0.05, 0.1) is 10.3 Å². The van der Waals surface area contributed by atoms with Crippen LogP contribution in [0.3, 0.4) is 0 Å². The summed E-state index contributed by atoms with van der Waals surface area (Å²) in [5.41, 5.74) is 3.30. The van der Waals surface area contributed by atoms with Crippen LogP contribution >= 0.6 is 27.5 Å². The van der Waals surface area contributed by atoms with E-state index < -0.39 is 32.4 Å². The van der Waals surface area contributed by atoms with Crippen LogP contribution in [-0.2, 0) is 19.6 Å². The Hall–Kier alpha value is -1.16. The first-order valence-corrected chi connectivity index (χ1v) is 13.0. The van der Waals surface area contributed by atoms with Crippen molar-refractivity contribution in [3.05, 3.63) is 27.7 Å². The van der Waals surface area contributed by atoms with Crippen LogP contribution in [0, 0.1) is 17.3 Å². The first-order chi connectivity index (χ1) is 14.2. The highest BCUT2D eigenvalue weighted by Crippen LogP contribution is 2.61. The summed E-state index contributed by atoms with van der Waals surface area (Å²) in [6, 6.07) is 4.34. The maximum atomic E-state index is 13.3. The summed E-state index contributed by atoms with van der Waals surface area (Å²) in [6.07, 6.45) is 4.76. The third-order valence-electron chi connectivity index (χ3n) is 7.07. The number of hydrogen-bond donors (Lipinski definition) is 3. The zero-order valence-corrected chi connectivity index (χ0v) is 20.7. The Kier molecular flexibility index (Phi) is 5.52. The fraction of sp³-hybridized carbons (Fsp3) is 0.619. The van der Waals surface area contributed by atoms with E-state index in [9.17, 15) is 18.0 Å². The highest BCUT2D eigenvalue weighted by Gasteiger charge is 2.61. The van der Waals surface area contributed by atoms with Crippen LogP contribution < -0.4 is 15.8 Å². The first-order valence-electron chi connectivity index (χ1n) is 10.4. The molecule has 4 aliphatic rings. The number of primary amides is 1. The van der Waals surface area contributed by atoms with Gasteiger partial charge in [-0.15, -0.1) is 0 Å². The van der Waals surface area contributed by atoms with Gasteiger partial charge in [-0.25, -0.2) is 8.42 Å². The molecule has 4 fully saturated rings. The summed E-state index contributed by atoms with van der Waals surface area (Å²) in [6.45, 7) is 3.06. The van der Waals surface area contributed by atoms with E-state index in [1.54, 1.807) is 6.07 Å². The smallest absolute Gasteiger partial charge is 0.241 e. The summed E-state index contributed by atoms with van der Waals surface area (Å²) >= 11 is 9.23. The monoisotopic (exact) mass is 531 g/mol. The number of nitrogens with one attached hydrogen (secondary N) is 2. The van der Waals surface area contributed by atoms with E-state index in [2.05, 4.69) is 26.0 Å². The van der Waals surface area contributed by atoms with Crippen molar-refractivity contribution in [3.8, 4) is 0 Å². The largest absolute Gasteiger partial charge is 0.369 e. The first kappa shape index (κ1) is 23.0. The summed E-state index contributed by atoms with van der Waals surface area (Å²) < 4.78 is 28.9. The Balaban J connectivity index is 1.54. The lowest BCUT2D eigenvalue weighted by molar-refractivity contribution is -0.151. The van der Waals surface area contributed by atoms with Crippen LogP contribution in [0.25, 0.3) is 0 Å². The average Bonchev–Trinajstić information content (AvgIpc) is 2.58. The fourth-order valence-electron chi connectivity index (χ4n) is 6.22. The van der Waals surface area contributed by atoms with Crippen LogP contribution in [0.4, 0.5) is 0 Å². The van der Waals surface area contributed by atoms with Gasteiger partial charge in [-0.3, -0.25) is 9.59 Å². The minimum Gasteiger partial charge on any atom is -0.369 e. The molecular weight excluding hydrogens is 506 g/mol. The third-order valence-corrected chi connectivity index (χ3v) is 9.38. The minimum absolute atomic E-state index is 0.0322. The molecule has 0 spiro atoms. The maximum absolute atomic E-state index is 13.3. The molecule has 2 amide bonds. The quantitative estimate of drug-likeness (QED) is 0.522. The molecule has 0 heterocycles. The molecule has 5 rings (SSSR count). The molecule has 0 aliphatic heterocycles. The lowest BCUT2D eigenvalue weighted by atomic mass is 9.46. The molecule has 0 aromatic heterocycles. The van der Waals surface area contributed by atoms with Crippen molar-refractivity contribution < 1.29 is 18.0 Å². The molecule has 4 bridgehead atoms. The van der Waals surface area contributed by atoms with E-state index >= 15 is 0 Å². The van der Waals surface area contributed by atoms with E-state index in [0.29, 0.717) is 22.7 Å². The molecule has 4 saturated carbocycles. The molecule has 170 valence electrons. The Morgan fingerprint density at radius 2 is 1.77 bits per heavy atom. The van der Waals surface area contributed by atoms with E-state index in [0.717, 1.165) is 32.1 Å². The standard InChI is InChI=1S/C21H27BrClN3O4S/c1-19(2,26-31(29,30)16-5-14(22)4-15(23)6-16)18(28)25-21-9-12-3-13(10-21)8-20(7-12,11-21)17(24)27/h4-6,12-13,26H,3,7-11H2,1-2H3,(H2,24,27)(H,25,28). The summed E-state index contributed by atoms with van der Waals surface area (Å²) in [7, 11) is -4.00. The number of carbonyl (C=O) groups excluding carboxylic acids is 2. The van der Waals surface area contributed by atoms with Crippen molar-refractivity contribution in [1.82, 2.24) is 10.0 Å². The fourth-order valence-corrected chi connectivity index (χ4v) is 8.74. The molecular formula is C21H27BrClN3O4S. The topological polar surface area (TPSA) is 118 Å². The predicted molar refractivity (Wildman–Crippen MR) is 121 cm³/mol. The van der Waals surface area contributed by atoms with Gasteiger partial charge in [0.25, 0.3) is 0 Å². The molecule has 7 nitrogen and oxygen atoms in total. The molecule has 10 heteroatoms. The van der Waals surface area contributed by atoms with Gasteiger partial charge in [-0.1, -0.05) is 27.5 Å². The zero-order valence-electron chi connectivity index (χ0n) is 17.5. The number of halogens is 2. The van der Waals surface area contributed by atoms with Crippen LogP contribution in [0.5, 0.6) is 0 Å². The second kappa shape index (κ2) is 7.43. The van der Waals surface area contributed by atoms with Crippen LogP contribution in [0.1, 0.15) is 52.4 Å². The Morgan fingerprint density at radius 3 is 2.32 bits per heavy atom. The second-order valence-corrected chi connectivity index (χ2v) is 13.2. The van der Waals surface area contributed by atoms with Crippen molar-refractivity contribution in [2.24, 2.45) is 23.0 Å². The van der Waals surface area contributed by atoms with Crippen LogP contribution in [-0.4, -0.2) is 31.3 Å². The number of amides is 2. The van der Waals surface area contributed by atoms with Crippen molar-refractivity contribution in [1.29, 1.82) is 0 Å². The van der Waals surface area contributed by atoms with E-state index in [1.165, 1.54) is 26.0 Å².